The molecule has 23 heavy (non-hydrogen) atoms. The van der Waals surface area contributed by atoms with Crippen molar-refractivity contribution in [2.45, 2.75) is 13.8 Å². The standard InChI is InChI=1S/C18H20ClN3O/c1-13-14(2)20-7-6-17(13)18(23)22-10-8-21(9-11-22)16-5-3-4-15(19)12-16/h3-7,12H,8-11H2,1-2H3. The summed E-state index contributed by atoms with van der Waals surface area (Å²) in [5.74, 6) is 0.0961. The van der Waals surface area contributed by atoms with E-state index in [2.05, 4.69) is 16.0 Å². The summed E-state index contributed by atoms with van der Waals surface area (Å²) < 4.78 is 0. The highest BCUT2D eigenvalue weighted by Crippen LogP contribution is 2.21. The van der Waals surface area contributed by atoms with Gasteiger partial charge in [-0.05, 0) is 43.7 Å². The minimum Gasteiger partial charge on any atom is -0.368 e. The lowest BCUT2D eigenvalue weighted by Gasteiger charge is -2.36. The normalized spacial score (nSPS) is 14.9. The van der Waals surface area contributed by atoms with E-state index in [-0.39, 0.29) is 5.91 Å². The van der Waals surface area contributed by atoms with E-state index in [1.807, 2.05) is 43.0 Å². The van der Waals surface area contributed by atoms with E-state index < -0.39 is 0 Å². The average Bonchev–Trinajstić information content (AvgIpc) is 2.57. The zero-order valence-electron chi connectivity index (χ0n) is 13.4. The fourth-order valence-corrected chi connectivity index (χ4v) is 3.07. The Hall–Kier alpha value is -2.07. The highest BCUT2D eigenvalue weighted by atomic mass is 35.5. The SMILES string of the molecule is Cc1nccc(C(=O)N2CCN(c3cccc(Cl)c3)CC2)c1C. The molecule has 0 N–H and O–H groups in total. The lowest BCUT2D eigenvalue weighted by atomic mass is 10.1. The van der Waals surface area contributed by atoms with Crippen molar-refractivity contribution >= 4 is 23.2 Å². The second-order valence-electron chi connectivity index (χ2n) is 5.83. The highest BCUT2D eigenvalue weighted by Gasteiger charge is 2.23. The van der Waals surface area contributed by atoms with Crippen LogP contribution in [0.4, 0.5) is 5.69 Å². The molecule has 1 aliphatic rings. The molecule has 4 nitrogen and oxygen atoms in total. The van der Waals surface area contributed by atoms with Gasteiger partial charge in [0.15, 0.2) is 0 Å². The van der Waals surface area contributed by atoms with E-state index in [0.717, 1.165) is 40.6 Å². The van der Waals surface area contributed by atoms with Gasteiger partial charge in [-0.25, -0.2) is 0 Å². The summed E-state index contributed by atoms with van der Waals surface area (Å²) >= 11 is 6.06. The summed E-state index contributed by atoms with van der Waals surface area (Å²) in [7, 11) is 0. The molecule has 0 unspecified atom stereocenters. The van der Waals surface area contributed by atoms with E-state index in [1.165, 1.54) is 0 Å². The van der Waals surface area contributed by atoms with Gasteiger partial charge in [0, 0.05) is 54.3 Å². The Labute approximate surface area is 141 Å². The lowest BCUT2D eigenvalue weighted by Crippen LogP contribution is -2.49. The molecule has 1 amide bonds. The molecule has 120 valence electrons. The Morgan fingerprint density at radius 3 is 2.57 bits per heavy atom. The molecule has 0 spiro atoms. The predicted molar refractivity (Wildman–Crippen MR) is 93.3 cm³/mol. The molecule has 0 saturated carbocycles. The van der Waals surface area contributed by atoms with Crippen LogP contribution in [-0.2, 0) is 0 Å². The maximum absolute atomic E-state index is 12.7. The number of carbonyl (C=O) groups is 1. The number of pyridine rings is 1. The van der Waals surface area contributed by atoms with Crippen LogP contribution in [0.15, 0.2) is 36.5 Å². The summed E-state index contributed by atoms with van der Waals surface area (Å²) in [4.78, 5) is 21.1. The van der Waals surface area contributed by atoms with Crippen molar-refractivity contribution in [2.75, 3.05) is 31.1 Å². The van der Waals surface area contributed by atoms with E-state index in [1.54, 1.807) is 6.20 Å². The number of nitrogens with zero attached hydrogens (tertiary/aromatic N) is 3. The minimum absolute atomic E-state index is 0.0961. The maximum atomic E-state index is 12.7. The molecule has 3 rings (SSSR count). The first-order valence-electron chi connectivity index (χ1n) is 7.78. The van der Waals surface area contributed by atoms with Crippen LogP contribution >= 0.6 is 11.6 Å². The number of hydrogen-bond donors (Lipinski definition) is 0. The second-order valence-corrected chi connectivity index (χ2v) is 6.26. The minimum atomic E-state index is 0.0961. The van der Waals surface area contributed by atoms with Gasteiger partial charge in [0.25, 0.3) is 5.91 Å². The summed E-state index contributed by atoms with van der Waals surface area (Å²) in [6, 6.07) is 9.67. The molecule has 1 fully saturated rings. The Bertz CT molecular complexity index is 724. The van der Waals surface area contributed by atoms with Crippen molar-refractivity contribution in [3.63, 3.8) is 0 Å². The largest absolute Gasteiger partial charge is 0.368 e. The van der Waals surface area contributed by atoms with Gasteiger partial charge >= 0.3 is 0 Å². The van der Waals surface area contributed by atoms with Gasteiger partial charge in [-0.15, -0.1) is 0 Å². The summed E-state index contributed by atoms with van der Waals surface area (Å²) in [6.07, 6.45) is 1.71. The zero-order chi connectivity index (χ0) is 16.4. The number of piperazine rings is 1. The summed E-state index contributed by atoms with van der Waals surface area (Å²) in [6.45, 7) is 6.95. The fourth-order valence-electron chi connectivity index (χ4n) is 2.88. The van der Waals surface area contributed by atoms with Crippen LogP contribution in [0.25, 0.3) is 0 Å². The lowest BCUT2D eigenvalue weighted by molar-refractivity contribution is 0.0746. The molecular weight excluding hydrogens is 310 g/mol. The topological polar surface area (TPSA) is 36.4 Å². The van der Waals surface area contributed by atoms with Gasteiger partial charge in [0.2, 0.25) is 0 Å². The van der Waals surface area contributed by atoms with Crippen LogP contribution < -0.4 is 4.90 Å². The van der Waals surface area contributed by atoms with Gasteiger partial charge in [0.1, 0.15) is 0 Å². The number of anilines is 1. The molecule has 0 bridgehead atoms. The van der Waals surface area contributed by atoms with Crippen molar-refractivity contribution in [3.05, 3.63) is 58.4 Å². The van der Waals surface area contributed by atoms with E-state index in [0.29, 0.717) is 13.1 Å². The van der Waals surface area contributed by atoms with Crippen molar-refractivity contribution in [1.82, 2.24) is 9.88 Å². The molecule has 0 aliphatic carbocycles. The monoisotopic (exact) mass is 329 g/mol. The number of halogens is 1. The number of rotatable bonds is 2. The molecule has 1 aromatic heterocycles. The van der Waals surface area contributed by atoms with Gasteiger partial charge in [0.05, 0.1) is 0 Å². The van der Waals surface area contributed by atoms with Crippen molar-refractivity contribution in [1.29, 1.82) is 0 Å². The molecule has 2 aromatic rings. The smallest absolute Gasteiger partial charge is 0.254 e. The Morgan fingerprint density at radius 2 is 1.87 bits per heavy atom. The Morgan fingerprint density at radius 1 is 1.13 bits per heavy atom. The molecular formula is C18H20ClN3O. The highest BCUT2D eigenvalue weighted by molar-refractivity contribution is 6.30. The summed E-state index contributed by atoms with van der Waals surface area (Å²) in [5, 5.41) is 0.740. The van der Waals surface area contributed by atoms with Crippen LogP contribution in [0.5, 0.6) is 0 Å². The third-order valence-electron chi connectivity index (χ3n) is 4.43. The third kappa shape index (κ3) is 3.32. The fraction of sp³-hybridized carbons (Fsp3) is 0.333. The van der Waals surface area contributed by atoms with Crippen LogP contribution in [0.2, 0.25) is 5.02 Å². The quantitative estimate of drug-likeness (QED) is 0.848. The maximum Gasteiger partial charge on any atom is 0.254 e. The number of hydrogen-bond acceptors (Lipinski definition) is 3. The van der Waals surface area contributed by atoms with E-state index in [4.69, 9.17) is 11.6 Å². The van der Waals surface area contributed by atoms with Crippen LogP contribution in [-0.4, -0.2) is 42.0 Å². The first kappa shape index (κ1) is 15.8. The van der Waals surface area contributed by atoms with E-state index in [9.17, 15) is 4.79 Å². The molecule has 0 radical (unpaired) electrons. The number of aromatic nitrogens is 1. The van der Waals surface area contributed by atoms with Gasteiger partial charge in [-0.2, -0.15) is 0 Å². The Balaban J connectivity index is 1.69. The van der Waals surface area contributed by atoms with Crippen molar-refractivity contribution in [3.8, 4) is 0 Å². The number of aryl methyl sites for hydroxylation is 1. The number of carbonyl (C=O) groups excluding carboxylic acids is 1. The first-order chi connectivity index (χ1) is 11.1. The van der Waals surface area contributed by atoms with Crippen LogP contribution in [0, 0.1) is 13.8 Å². The number of benzene rings is 1. The Kier molecular flexibility index (Phi) is 4.53. The summed E-state index contributed by atoms with van der Waals surface area (Å²) in [5.41, 5.74) is 3.75. The molecule has 2 heterocycles. The van der Waals surface area contributed by atoms with E-state index >= 15 is 0 Å². The second kappa shape index (κ2) is 6.59. The zero-order valence-corrected chi connectivity index (χ0v) is 14.2. The predicted octanol–water partition coefficient (Wildman–Crippen LogP) is 3.31. The molecule has 1 aliphatic heterocycles. The van der Waals surface area contributed by atoms with Crippen LogP contribution in [0.1, 0.15) is 21.6 Å². The average molecular weight is 330 g/mol. The van der Waals surface area contributed by atoms with Crippen molar-refractivity contribution < 1.29 is 4.79 Å². The van der Waals surface area contributed by atoms with Gasteiger partial charge < -0.3 is 9.80 Å². The molecule has 1 aromatic carbocycles. The molecule has 5 heteroatoms. The number of amides is 1. The third-order valence-corrected chi connectivity index (χ3v) is 4.66. The van der Waals surface area contributed by atoms with Gasteiger partial charge in [-0.3, -0.25) is 9.78 Å². The molecule has 0 atom stereocenters. The van der Waals surface area contributed by atoms with Gasteiger partial charge in [-0.1, -0.05) is 17.7 Å². The molecule has 1 saturated heterocycles. The van der Waals surface area contributed by atoms with Crippen LogP contribution in [0.3, 0.4) is 0 Å². The first-order valence-corrected chi connectivity index (χ1v) is 8.16. The van der Waals surface area contributed by atoms with Crippen molar-refractivity contribution in [2.24, 2.45) is 0 Å².